The van der Waals surface area contributed by atoms with E-state index in [1.54, 1.807) is 0 Å². The third-order valence-corrected chi connectivity index (χ3v) is 2.99. The fraction of sp³-hybridized carbons (Fsp3) is 1.00. The Balaban J connectivity index is 1.98. The smallest absolute Gasteiger partial charge is 0.0643 e. The molecular weight excluding hydrogens is 176 g/mol. The molecule has 3 nitrogen and oxygen atoms in total. The van der Waals surface area contributed by atoms with Crippen molar-refractivity contribution in [2.24, 2.45) is 5.73 Å². The normalized spacial score (nSPS) is 22.5. The lowest BCUT2D eigenvalue weighted by molar-refractivity contribution is 0.0745. The van der Waals surface area contributed by atoms with Gasteiger partial charge in [-0.2, -0.15) is 0 Å². The molecule has 1 aliphatic rings. The van der Waals surface area contributed by atoms with Crippen LogP contribution >= 0.6 is 0 Å². The zero-order valence-electron chi connectivity index (χ0n) is 9.59. The van der Waals surface area contributed by atoms with Crippen molar-refractivity contribution in [2.75, 3.05) is 32.8 Å². The van der Waals surface area contributed by atoms with Crippen molar-refractivity contribution in [3.63, 3.8) is 0 Å². The molecule has 1 aliphatic heterocycles. The number of nitrogens with zero attached hydrogens (tertiary/aromatic N) is 1. The summed E-state index contributed by atoms with van der Waals surface area (Å²) in [6, 6.07) is 0. The number of hydrogen-bond acceptors (Lipinski definition) is 3. The molecule has 1 unspecified atom stereocenters. The second-order valence-corrected chi connectivity index (χ2v) is 4.61. The quantitative estimate of drug-likeness (QED) is 0.655. The number of ether oxygens (including phenoxy) is 1. The van der Waals surface area contributed by atoms with Gasteiger partial charge in [-0.05, 0) is 39.3 Å². The van der Waals surface area contributed by atoms with Crippen molar-refractivity contribution >= 4 is 0 Å². The molecule has 0 amide bonds. The summed E-state index contributed by atoms with van der Waals surface area (Å²) < 4.78 is 5.58. The van der Waals surface area contributed by atoms with E-state index >= 15 is 0 Å². The Bertz CT molecular complexity index is 153. The van der Waals surface area contributed by atoms with E-state index in [2.05, 4.69) is 11.8 Å². The van der Waals surface area contributed by atoms with Crippen LogP contribution < -0.4 is 5.73 Å². The van der Waals surface area contributed by atoms with E-state index in [4.69, 9.17) is 10.5 Å². The first-order chi connectivity index (χ1) is 6.64. The Morgan fingerprint density at radius 3 is 2.57 bits per heavy atom. The molecule has 1 fully saturated rings. The number of nitrogens with two attached hydrogens (primary N) is 1. The Morgan fingerprint density at radius 1 is 1.36 bits per heavy atom. The monoisotopic (exact) mass is 200 g/mol. The molecular formula is C11H24N2O. The number of likely N-dealkylation sites (tertiary alicyclic amines) is 1. The summed E-state index contributed by atoms with van der Waals surface area (Å²) in [5, 5.41) is 0. The highest BCUT2D eigenvalue weighted by Crippen LogP contribution is 2.07. The first-order valence-electron chi connectivity index (χ1n) is 5.73. The molecule has 14 heavy (non-hydrogen) atoms. The van der Waals surface area contributed by atoms with Crippen LogP contribution in [-0.2, 0) is 4.74 Å². The minimum Gasteiger partial charge on any atom is -0.378 e. The molecule has 0 saturated carbocycles. The van der Waals surface area contributed by atoms with Crippen LogP contribution in [0, 0.1) is 0 Å². The minimum absolute atomic E-state index is 0.148. The molecule has 0 spiro atoms. The van der Waals surface area contributed by atoms with Crippen molar-refractivity contribution in [2.45, 2.75) is 38.6 Å². The van der Waals surface area contributed by atoms with Gasteiger partial charge in [0.05, 0.1) is 13.2 Å². The van der Waals surface area contributed by atoms with Crippen LogP contribution in [0.1, 0.15) is 33.1 Å². The van der Waals surface area contributed by atoms with Crippen molar-refractivity contribution in [1.82, 2.24) is 4.90 Å². The van der Waals surface area contributed by atoms with E-state index in [-0.39, 0.29) is 5.54 Å². The summed E-state index contributed by atoms with van der Waals surface area (Å²) in [6.07, 6.45) is 3.67. The maximum atomic E-state index is 5.97. The SMILES string of the molecule is CCC(C)(N)COCCN1CCCC1. The molecule has 2 N–H and O–H groups in total. The molecule has 0 radical (unpaired) electrons. The minimum atomic E-state index is -0.148. The zero-order valence-corrected chi connectivity index (χ0v) is 9.59. The molecule has 1 saturated heterocycles. The van der Waals surface area contributed by atoms with E-state index in [9.17, 15) is 0 Å². The molecule has 1 rings (SSSR count). The average Bonchev–Trinajstić information content (AvgIpc) is 2.65. The van der Waals surface area contributed by atoms with Gasteiger partial charge >= 0.3 is 0 Å². The van der Waals surface area contributed by atoms with Crippen LogP contribution in [0.5, 0.6) is 0 Å². The van der Waals surface area contributed by atoms with E-state index in [1.807, 2.05) is 6.92 Å². The van der Waals surface area contributed by atoms with Crippen molar-refractivity contribution < 1.29 is 4.74 Å². The summed E-state index contributed by atoms with van der Waals surface area (Å²) in [5.74, 6) is 0. The maximum Gasteiger partial charge on any atom is 0.0643 e. The standard InChI is InChI=1S/C11H24N2O/c1-3-11(2,12)10-14-9-8-13-6-4-5-7-13/h3-10,12H2,1-2H3. The lowest BCUT2D eigenvalue weighted by Crippen LogP contribution is -2.41. The first kappa shape index (κ1) is 12.0. The van der Waals surface area contributed by atoms with E-state index in [0.29, 0.717) is 6.61 Å². The first-order valence-corrected chi connectivity index (χ1v) is 5.73. The van der Waals surface area contributed by atoms with Crippen molar-refractivity contribution in [1.29, 1.82) is 0 Å². The fourth-order valence-electron chi connectivity index (χ4n) is 1.61. The number of hydrogen-bond donors (Lipinski definition) is 1. The molecule has 84 valence electrons. The molecule has 0 aromatic heterocycles. The Kier molecular flexibility index (Phi) is 4.85. The van der Waals surface area contributed by atoms with E-state index in [0.717, 1.165) is 19.6 Å². The predicted octanol–water partition coefficient (Wildman–Crippen LogP) is 1.23. The summed E-state index contributed by atoms with van der Waals surface area (Å²) >= 11 is 0. The van der Waals surface area contributed by atoms with Gasteiger partial charge in [-0.15, -0.1) is 0 Å². The fourth-order valence-corrected chi connectivity index (χ4v) is 1.61. The van der Waals surface area contributed by atoms with Crippen LogP contribution in [0.15, 0.2) is 0 Å². The van der Waals surface area contributed by atoms with Crippen molar-refractivity contribution in [3.8, 4) is 0 Å². The molecule has 1 atom stereocenters. The second-order valence-electron chi connectivity index (χ2n) is 4.61. The Hall–Kier alpha value is -0.120. The van der Waals surface area contributed by atoms with Crippen molar-refractivity contribution in [3.05, 3.63) is 0 Å². The lowest BCUT2D eigenvalue weighted by Gasteiger charge is -2.23. The third kappa shape index (κ3) is 4.40. The van der Waals surface area contributed by atoms with Gasteiger partial charge in [0.15, 0.2) is 0 Å². The third-order valence-electron chi connectivity index (χ3n) is 2.99. The molecule has 0 aliphatic carbocycles. The number of rotatable bonds is 6. The van der Waals surface area contributed by atoms with Gasteiger partial charge in [-0.25, -0.2) is 0 Å². The second kappa shape index (κ2) is 5.69. The average molecular weight is 200 g/mol. The highest BCUT2D eigenvalue weighted by atomic mass is 16.5. The van der Waals surface area contributed by atoms with Crippen LogP contribution in [0.25, 0.3) is 0 Å². The highest BCUT2D eigenvalue weighted by Gasteiger charge is 2.16. The summed E-state index contributed by atoms with van der Waals surface area (Å²) in [5.41, 5.74) is 5.82. The van der Waals surface area contributed by atoms with Crippen LogP contribution in [0.4, 0.5) is 0 Å². The van der Waals surface area contributed by atoms with E-state index in [1.165, 1.54) is 25.9 Å². The molecule has 0 aromatic carbocycles. The molecule has 0 aromatic rings. The van der Waals surface area contributed by atoms with Gasteiger partial charge in [-0.1, -0.05) is 6.92 Å². The van der Waals surface area contributed by atoms with Crippen LogP contribution in [0.3, 0.4) is 0 Å². The van der Waals surface area contributed by atoms with Gasteiger partial charge < -0.3 is 15.4 Å². The zero-order chi connectivity index (χ0) is 10.4. The predicted molar refractivity (Wildman–Crippen MR) is 59.4 cm³/mol. The Labute approximate surface area is 87.6 Å². The van der Waals surface area contributed by atoms with Gasteiger partial charge in [0, 0.05) is 12.1 Å². The topological polar surface area (TPSA) is 38.5 Å². The van der Waals surface area contributed by atoms with Crippen LogP contribution in [0.2, 0.25) is 0 Å². The highest BCUT2D eigenvalue weighted by molar-refractivity contribution is 4.75. The molecule has 1 heterocycles. The summed E-state index contributed by atoms with van der Waals surface area (Å²) in [6.45, 7) is 9.21. The maximum absolute atomic E-state index is 5.97. The molecule has 0 bridgehead atoms. The molecule has 3 heteroatoms. The van der Waals surface area contributed by atoms with Crippen LogP contribution in [-0.4, -0.2) is 43.3 Å². The van der Waals surface area contributed by atoms with Gasteiger partial charge in [0.2, 0.25) is 0 Å². The summed E-state index contributed by atoms with van der Waals surface area (Å²) in [7, 11) is 0. The van der Waals surface area contributed by atoms with E-state index < -0.39 is 0 Å². The van der Waals surface area contributed by atoms with Gasteiger partial charge in [0.25, 0.3) is 0 Å². The van der Waals surface area contributed by atoms with Gasteiger partial charge in [0.1, 0.15) is 0 Å². The lowest BCUT2D eigenvalue weighted by atomic mass is 10.0. The summed E-state index contributed by atoms with van der Waals surface area (Å²) in [4.78, 5) is 2.46. The largest absolute Gasteiger partial charge is 0.378 e. The van der Waals surface area contributed by atoms with Gasteiger partial charge in [-0.3, -0.25) is 0 Å². The Morgan fingerprint density at radius 2 is 2.00 bits per heavy atom.